The first-order valence-corrected chi connectivity index (χ1v) is 14.9. The number of nitrogens with one attached hydrogen (secondary N) is 3. The van der Waals surface area contributed by atoms with Crippen LogP contribution in [0.5, 0.6) is 0 Å². The van der Waals surface area contributed by atoms with E-state index in [-0.39, 0.29) is 28.6 Å². The number of hydrogen-bond acceptors (Lipinski definition) is 5. The van der Waals surface area contributed by atoms with Crippen LogP contribution in [0, 0.1) is 6.92 Å². The van der Waals surface area contributed by atoms with Crippen LogP contribution in [0.15, 0.2) is 108 Å². The van der Waals surface area contributed by atoms with E-state index < -0.39 is 0 Å². The van der Waals surface area contributed by atoms with Crippen LogP contribution in [0.2, 0.25) is 0 Å². The van der Waals surface area contributed by atoms with Crippen LogP contribution in [0.1, 0.15) is 59.5 Å². The predicted octanol–water partition coefficient (Wildman–Crippen LogP) is 7.78. The minimum atomic E-state index is -0.270. The summed E-state index contributed by atoms with van der Waals surface area (Å²) in [6.45, 7) is 10.7. The van der Waals surface area contributed by atoms with E-state index in [0.29, 0.717) is 40.4 Å². The van der Waals surface area contributed by atoms with Crippen molar-refractivity contribution in [2.45, 2.75) is 46.6 Å². The van der Waals surface area contributed by atoms with Gasteiger partial charge in [0.25, 0.3) is 17.4 Å². The summed E-state index contributed by atoms with van der Waals surface area (Å²) in [5.41, 5.74) is 6.12. The molecule has 0 saturated carbocycles. The predicted molar refractivity (Wildman–Crippen MR) is 182 cm³/mol. The molecule has 0 aliphatic carbocycles. The van der Waals surface area contributed by atoms with Crippen molar-refractivity contribution >= 4 is 34.7 Å². The zero-order valence-electron chi connectivity index (χ0n) is 26.1. The maximum absolute atomic E-state index is 13.2. The smallest absolute Gasteiger partial charge is 0.293 e. The lowest BCUT2D eigenvalue weighted by Crippen LogP contribution is -2.23. The van der Waals surface area contributed by atoms with E-state index in [2.05, 4.69) is 36.7 Å². The lowest BCUT2D eigenvalue weighted by atomic mass is 9.86. The van der Waals surface area contributed by atoms with Crippen LogP contribution in [-0.4, -0.2) is 21.4 Å². The first kappa shape index (κ1) is 30.9. The van der Waals surface area contributed by atoms with Crippen molar-refractivity contribution in [2.24, 2.45) is 0 Å². The topological polar surface area (TPSA) is 105 Å². The highest BCUT2D eigenvalue weighted by Crippen LogP contribution is 2.29. The van der Waals surface area contributed by atoms with Crippen molar-refractivity contribution in [3.63, 3.8) is 0 Å². The maximum atomic E-state index is 13.2. The summed E-state index contributed by atoms with van der Waals surface area (Å²) >= 11 is 0. The van der Waals surface area contributed by atoms with Crippen molar-refractivity contribution in [1.29, 1.82) is 0 Å². The minimum Gasteiger partial charge on any atom is -0.336 e. The standard InChI is InChI=1S/C37H37N5O3/c1-6-42-23-32(30-13-10-14-31(24(30)2)41-35(44)25-15-19-27(20-16-25)37(3,4)5)40-33(36(42)45)38-29-21-17-26(18-22-29)34(43)39-28-11-8-7-9-12-28/h7-23H,6H2,1-5H3,(H,38,40)(H,39,43)(H,41,44). The molecule has 5 rings (SSSR count). The number of benzene rings is 4. The zero-order valence-corrected chi connectivity index (χ0v) is 26.1. The molecule has 0 aliphatic heterocycles. The molecule has 0 radical (unpaired) electrons. The van der Waals surface area contributed by atoms with E-state index in [0.717, 1.165) is 16.7 Å². The molecule has 8 nitrogen and oxygen atoms in total. The van der Waals surface area contributed by atoms with Gasteiger partial charge in [0.05, 0.1) is 5.69 Å². The van der Waals surface area contributed by atoms with Crippen LogP contribution in [0.3, 0.4) is 0 Å². The highest BCUT2D eigenvalue weighted by molar-refractivity contribution is 6.05. The first-order chi connectivity index (χ1) is 21.5. The van der Waals surface area contributed by atoms with Gasteiger partial charge in [-0.15, -0.1) is 0 Å². The van der Waals surface area contributed by atoms with Gasteiger partial charge in [-0.2, -0.15) is 0 Å². The molecule has 45 heavy (non-hydrogen) atoms. The van der Waals surface area contributed by atoms with Crippen LogP contribution >= 0.6 is 0 Å². The lowest BCUT2D eigenvalue weighted by molar-refractivity contribution is 0.101. The monoisotopic (exact) mass is 599 g/mol. The molecule has 0 fully saturated rings. The summed E-state index contributed by atoms with van der Waals surface area (Å²) in [5.74, 6) is -0.278. The maximum Gasteiger partial charge on any atom is 0.293 e. The van der Waals surface area contributed by atoms with E-state index in [1.54, 1.807) is 35.0 Å². The third-order valence-corrected chi connectivity index (χ3v) is 7.63. The summed E-state index contributed by atoms with van der Waals surface area (Å²) in [4.78, 5) is 43.7. The van der Waals surface area contributed by atoms with Gasteiger partial charge in [-0.25, -0.2) is 4.98 Å². The molecule has 2 amide bonds. The molecule has 4 aromatic carbocycles. The molecule has 3 N–H and O–H groups in total. The van der Waals surface area contributed by atoms with Crippen LogP contribution < -0.4 is 21.5 Å². The Morgan fingerprint density at radius 1 is 0.756 bits per heavy atom. The number of aromatic nitrogens is 2. The van der Waals surface area contributed by atoms with Crippen molar-refractivity contribution in [3.8, 4) is 11.3 Å². The molecule has 0 atom stereocenters. The number of hydrogen-bond donors (Lipinski definition) is 3. The lowest BCUT2D eigenvalue weighted by Gasteiger charge is -2.19. The van der Waals surface area contributed by atoms with Gasteiger partial charge in [-0.05, 0) is 85.0 Å². The number of aryl methyl sites for hydroxylation is 1. The Balaban J connectivity index is 1.37. The second kappa shape index (κ2) is 13.0. The molecule has 228 valence electrons. The van der Waals surface area contributed by atoms with Crippen molar-refractivity contribution in [2.75, 3.05) is 16.0 Å². The largest absolute Gasteiger partial charge is 0.336 e. The molecule has 1 aromatic heterocycles. The Bertz CT molecular complexity index is 1890. The molecule has 1 heterocycles. The van der Waals surface area contributed by atoms with E-state index in [4.69, 9.17) is 4.98 Å². The van der Waals surface area contributed by atoms with Gasteiger partial charge in [0.1, 0.15) is 0 Å². The molecule has 0 bridgehead atoms. The van der Waals surface area contributed by atoms with Crippen LogP contribution in [-0.2, 0) is 12.0 Å². The number of nitrogens with zero attached hydrogens (tertiary/aromatic N) is 2. The summed E-state index contributed by atoms with van der Waals surface area (Å²) < 4.78 is 1.59. The summed E-state index contributed by atoms with van der Waals surface area (Å²) in [5, 5.41) is 9.03. The van der Waals surface area contributed by atoms with Gasteiger partial charge in [-0.1, -0.05) is 63.2 Å². The molecular formula is C37H37N5O3. The quantitative estimate of drug-likeness (QED) is 0.169. The number of para-hydroxylation sites is 1. The SMILES string of the molecule is CCn1cc(-c2cccc(NC(=O)c3ccc(C(C)(C)C)cc3)c2C)nc(Nc2ccc(C(=O)Nc3ccccc3)cc2)c1=O. The molecular weight excluding hydrogens is 562 g/mol. The number of amides is 2. The number of carbonyl (C=O) groups excluding carboxylic acids is 2. The van der Waals surface area contributed by atoms with Gasteiger partial charge < -0.3 is 20.5 Å². The first-order valence-electron chi connectivity index (χ1n) is 14.9. The third-order valence-electron chi connectivity index (χ3n) is 7.63. The van der Waals surface area contributed by atoms with Crippen molar-refractivity contribution in [3.05, 3.63) is 136 Å². The van der Waals surface area contributed by atoms with Crippen molar-refractivity contribution in [1.82, 2.24) is 9.55 Å². The second-order valence-corrected chi connectivity index (χ2v) is 11.8. The normalized spacial score (nSPS) is 11.1. The molecule has 0 spiro atoms. The van der Waals surface area contributed by atoms with Gasteiger partial charge in [-0.3, -0.25) is 14.4 Å². The Morgan fingerprint density at radius 2 is 1.38 bits per heavy atom. The second-order valence-electron chi connectivity index (χ2n) is 11.8. The fourth-order valence-corrected chi connectivity index (χ4v) is 4.92. The summed E-state index contributed by atoms with van der Waals surface area (Å²) in [6.07, 6.45) is 1.73. The van der Waals surface area contributed by atoms with Gasteiger partial charge in [0, 0.05) is 46.5 Å². The van der Waals surface area contributed by atoms with E-state index in [1.165, 1.54) is 0 Å². The van der Waals surface area contributed by atoms with E-state index in [1.807, 2.05) is 86.6 Å². The fourth-order valence-electron chi connectivity index (χ4n) is 4.92. The Hall–Kier alpha value is -5.50. The highest BCUT2D eigenvalue weighted by Gasteiger charge is 2.17. The van der Waals surface area contributed by atoms with Crippen LogP contribution in [0.4, 0.5) is 22.9 Å². The average Bonchev–Trinajstić information content (AvgIpc) is 3.03. The number of carbonyl (C=O) groups is 2. The van der Waals surface area contributed by atoms with Crippen molar-refractivity contribution < 1.29 is 9.59 Å². The molecule has 0 unspecified atom stereocenters. The Labute approximate surface area is 263 Å². The highest BCUT2D eigenvalue weighted by atomic mass is 16.2. The average molecular weight is 600 g/mol. The minimum absolute atomic E-state index is 0.00186. The fraction of sp³-hybridized carbons (Fsp3) is 0.189. The van der Waals surface area contributed by atoms with Gasteiger partial charge in [0.15, 0.2) is 5.82 Å². The van der Waals surface area contributed by atoms with E-state index >= 15 is 0 Å². The summed E-state index contributed by atoms with van der Waals surface area (Å²) in [6, 6.07) is 29.4. The third kappa shape index (κ3) is 7.18. The molecule has 0 saturated heterocycles. The molecule has 5 aromatic rings. The Morgan fingerprint density at radius 3 is 2.00 bits per heavy atom. The molecule has 0 aliphatic rings. The Kier molecular flexibility index (Phi) is 8.95. The van der Waals surface area contributed by atoms with Crippen LogP contribution in [0.25, 0.3) is 11.3 Å². The number of anilines is 4. The zero-order chi connectivity index (χ0) is 32.1. The van der Waals surface area contributed by atoms with E-state index in [9.17, 15) is 14.4 Å². The number of rotatable bonds is 8. The summed E-state index contributed by atoms with van der Waals surface area (Å²) in [7, 11) is 0. The van der Waals surface area contributed by atoms with Gasteiger partial charge >= 0.3 is 0 Å². The molecule has 8 heteroatoms. The van der Waals surface area contributed by atoms with Gasteiger partial charge in [0.2, 0.25) is 0 Å².